The second-order valence-corrected chi connectivity index (χ2v) is 4.94. The van der Waals surface area contributed by atoms with E-state index in [0.717, 1.165) is 0 Å². The topological polar surface area (TPSA) is 110 Å². The number of aryl methyl sites for hydroxylation is 2. The van der Waals surface area contributed by atoms with Crippen LogP contribution in [0.1, 0.15) is 22.8 Å². The number of carbonyl (C=O) groups excluding carboxylic acids is 3. The number of aromatic nitrogens is 3. The van der Waals surface area contributed by atoms with E-state index < -0.39 is 5.91 Å². The van der Waals surface area contributed by atoms with E-state index >= 15 is 0 Å². The monoisotopic (exact) mass is 303 g/mol. The molecule has 22 heavy (non-hydrogen) atoms. The molecule has 3 rings (SSSR count). The van der Waals surface area contributed by atoms with Gasteiger partial charge in [-0.3, -0.25) is 24.0 Å². The smallest absolute Gasteiger partial charge is 0.277 e. The Morgan fingerprint density at radius 3 is 2.77 bits per heavy atom. The first-order chi connectivity index (χ1) is 10.4. The maximum Gasteiger partial charge on any atom is 0.277 e. The molecule has 0 spiro atoms. The number of ketones is 1. The summed E-state index contributed by atoms with van der Waals surface area (Å²) in [6, 6.07) is 0. The fourth-order valence-corrected chi connectivity index (χ4v) is 2.20. The molecule has 1 aliphatic heterocycles. The van der Waals surface area contributed by atoms with Crippen LogP contribution in [0.2, 0.25) is 0 Å². The number of anilines is 2. The molecule has 0 atom stereocenters. The van der Waals surface area contributed by atoms with Crippen LogP contribution in [0.25, 0.3) is 0 Å². The summed E-state index contributed by atoms with van der Waals surface area (Å²) >= 11 is 0. The summed E-state index contributed by atoms with van der Waals surface area (Å²) in [4.78, 5) is 40.5. The molecule has 1 N–H and O–H groups in total. The van der Waals surface area contributed by atoms with Crippen molar-refractivity contribution < 1.29 is 18.8 Å². The first kappa shape index (κ1) is 14.0. The molecule has 114 valence electrons. The third kappa shape index (κ3) is 2.48. The van der Waals surface area contributed by atoms with Crippen molar-refractivity contribution >= 4 is 29.1 Å². The Hall–Kier alpha value is -2.97. The predicted molar refractivity (Wildman–Crippen MR) is 74.4 cm³/mol. The molecule has 0 bridgehead atoms. The number of Topliss-reactive ketones (excluding diaryl/α,β-unsaturated/α-hetero) is 1. The van der Waals surface area contributed by atoms with Gasteiger partial charge >= 0.3 is 0 Å². The van der Waals surface area contributed by atoms with Crippen LogP contribution < -0.4 is 10.2 Å². The molecule has 0 unspecified atom stereocenters. The second kappa shape index (κ2) is 5.10. The molecule has 0 aliphatic carbocycles. The number of hydrogen-bond acceptors (Lipinski definition) is 6. The Morgan fingerprint density at radius 2 is 2.18 bits per heavy atom. The maximum absolute atomic E-state index is 12.1. The molecule has 9 nitrogen and oxygen atoms in total. The fourth-order valence-electron chi connectivity index (χ4n) is 2.20. The quantitative estimate of drug-likeness (QED) is 0.815. The highest BCUT2D eigenvalue weighted by Gasteiger charge is 2.32. The maximum atomic E-state index is 12.1. The van der Waals surface area contributed by atoms with Crippen LogP contribution in [-0.2, 0) is 16.6 Å². The van der Waals surface area contributed by atoms with Gasteiger partial charge in [0.1, 0.15) is 12.0 Å². The average Bonchev–Trinajstić information content (AvgIpc) is 3.10. The van der Waals surface area contributed by atoms with Crippen molar-refractivity contribution in [2.45, 2.75) is 13.3 Å². The zero-order chi connectivity index (χ0) is 15.9. The van der Waals surface area contributed by atoms with Gasteiger partial charge in [-0.25, -0.2) is 4.98 Å². The van der Waals surface area contributed by atoms with Crippen molar-refractivity contribution in [1.82, 2.24) is 14.8 Å². The second-order valence-electron chi connectivity index (χ2n) is 4.94. The molecule has 0 radical (unpaired) electrons. The zero-order valence-corrected chi connectivity index (χ0v) is 12.0. The van der Waals surface area contributed by atoms with E-state index in [0.29, 0.717) is 11.6 Å². The minimum atomic E-state index is -0.482. The van der Waals surface area contributed by atoms with Gasteiger partial charge < -0.3 is 9.73 Å². The van der Waals surface area contributed by atoms with E-state index in [2.05, 4.69) is 15.4 Å². The van der Waals surface area contributed by atoms with Crippen LogP contribution in [0.5, 0.6) is 0 Å². The molecule has 0 aromatic carbocycles. The molecule has 9 heteroatoms. The van der Waals surface area contributed by atoms with Crippen molar-refractivity contribution in [1.29, 1.82) is 0 Å². The van der Waals surface area contributed by atoms with Crippen molar-refractivity contribution in [3.05, 3.63) is 24.0 Å². The summed E-state index contributed by atoms with van der Waals surface area (Å²) in [7, 11) is 1.65. The largest absolute Gasteiger partial charge is 0.448 e. The lowest BCUT2D eigenvalue weighted by Gasteiger charge is -2.13. The number of oxazole rings is 1. The predicted octanol–water partition coefficient (Wildman–Crippen LogP) is 0.275. The van der Waals surface area contributed by atoms with Gasteiger partial charge in [0.25, 0.3) is 5.91 Å². The van der Waals surface area contributed by atoms with E-state index in [1.807, 2.05) is 0 Å². The lowest BCUT2D eigenvalue weighted by Crippen LogP contribution is -2.26. The van der Waals surface area contributed by atoms with E-state index in [-0.39, 0.29) is 36.2 Å². The standard InChI is InChI=1S/C13H13N5O4/c1-7-14-10(6-22-7)13(21)15-9-5-17(2)16-12(9)18-4-8(19)3-11(18)20/h5-6H,3-4H2,1-2H3,(H,15,21). The molecule has 2 amide bonds. The van der Waals surface area contributed by atoms with Gasteiger partial charge in [-0.15, -0.1) is 0 Å². The summed E-state index contributed by atoms with van der Waals surface area (Å²) in [5.74, 6) is -0.385. The van der Waals surface area contributed by atoms with Crippen molar-refractivity contribution in [2.24, 2.45) is 7.05 Å². The zero-order valence-electron chi connectivity index (χ0n) is 12.0. The van der Waals surface area contributed by atoms with Gasteiger partial charge in [0.15, 0.2) is 23.2 Å². The van der Waals surface area contributed by atoms with Crippen LogP contribution in [0.3, 0.4) is 0 Å². The van der Waals surface area contributed by atoms with Crippen LogP contribution in [0, 0.1) is 6.92 Å². The molecular weight excluding hydrogens is 290 g/mol. The van der Waals surface area contributed by atoms with E-state index in [1.165, 1.54) is 15.8 Å². The Kier molecular flexibility index (Phi) is 3.24. The van der Waals surface area contributed by atoms with Gasteiger partial charge in [-0.2, -0.15) is 5.10 Å². The highest BCUT2D eigenvalue weighted by molar-refractivity contribution is 6.16. The first-order valence-electron chi connectivity index (χ1n) is 6.53. The Balaban J connectivity index is 1.87. The van der Waals surface area contributed by atoms with Gasteiger partial charge in [0.05, 0.1) is 19.2 Å². The minimum Gasteiger partial charge on any atom is -0.448 e. The molecule has 3 heterocycles. The van der Waals surface area contributed by atoms with Gasteiger partial charge in [0.2, 0.25) is 5.91 Å². The summed E-state index contributed by atoms with van der Waals surface area (Å²) in [5, 5.41) is 6.76. The third-order valence-electron chi connectivity index (χ3n) is 3.15. The Bertz CT molecular complexity index is 775. The number of amides is 2. The number of hydrogen-bond donors (Lipinski definition) is 1. The number of nitrogens with zero attached hydrogens (tertiary/aromatic N) is 4. The fraction of sp³-hybridized carbons (Fsp3) is 0.308. The molecule has 1 saturated heterocycles. The SMILES string of the molecule is Cc1nc(C(=O)Nc2cn(C)nc2N2CC(=O)CC2=O)co1. The Labute approximate surface area is 124 Å². The number of carbonyl (C=O) groups is 3. The summed E-state index contributed by atoms with van der Waals surface area (Å²) in [6.07, 6.45) is 2.65. The normalized spacial score (nSPS) is 14.7. The van der Waals surface area contributed by atoms with Crippen molar-refractivity contribution in [3.8, 4) is 0 Å². The molecule has 2 aromatic rings. The van der Waals surface area contributed by atoms with Crippen molar-refractivity contribution in [3.63, 3.8) is 0 Å². The van der Waals surface area contributed by atoms with Crippen LogP contribution in [0.4, 0.5) is 11.5 Å². The van der Waals surface area contributed by atoms with Gasteiger partial charge in [0, 0.05) is 14.0 Å². The van der Waals surface area contributed by atoms with E-state index in [1.54, 1.807) is 20.2 Å². The van der Waals surface area contributed by atoms with E-state index in [4.69, 9.17) is 4.42 Å². The summed E-state index contributed by atoms with van der Waals surface area (Å²) < 4.78 is 6.44. The van der Waals surface area contributed by atoms with Crippen LogP contribution >= 0.6 is 0 Å². The molecule has 2 aromatic heterocycles. The highest BCUT2D eigenvalue weighted by Crippen LogP contribution is 2.27. The van der Waals surface area contributed by atoms with Crippen LogP contribution in [0.15, 0.2) is 16.9 Å². The molecule has 1 aliphatic rings. The van der Waals surface area contributed by atoms with Gasteiger partial charge in [-0.1, -0.05) is 0 Å². The van der Waals surface area contributed by atoms with Crippen molar-refractivity contribution in [2.75, 3.05) is 16.8 Å². The third-order valence-corrected chi connectivity index (χ3v) is 3.15. The molecule has 0 saturated carbocycles. The number of nitrogens with one attached hydrogen (secondary N) is 1. The van der Waals surface area contributed by atoms with E-state index in [9.17, 15) is 14.4 Å². The summed E-state index contributed by atoms with van der Waals surface area (Å²) in [6.45, 7) is 1.59. The molecular formula is C13H13N5O4. The average molecular weight is 303 g/mol. The first-order valence-corrected chi connectivity index (χ1v) is 6.53. The number of rotatable bonds is 3. The highest BCUT2D eigenvalue weighted by atomic mass is 16.3. The molecule has 1 fully saturated rings. The lowest BCUT2D eigenvalue weighted by atomic mass is 10.3. The summed E-state index contributed by atoms with van der Waals surface area (Å²) in [5.41, 5.74) is 0.451. The van der Waals surface area contributed by atoms with Gasteiger partial charge in [-0.05, 0) is 0 Å². The van der Waals surface area contributed by atoms with Crippen LogP contribution in [-0.4, -0.2) is 38.9 Å². The Morgan fingerprint density at radius 1 is 1.41 bits per heavy atom. The lowest BCUT2D eigenvalue weighted by molar-refractivity contribution is -0.121. The minimum absolute atomic E-state index is 0.0399.